The van der Waals surface area contributed by atoms with Crippen LogP contribution in [0.3, 0.4) is 0 Å². The van der Waals surface area contributed by atoms with Crippen LogP contribution in [0, 0.1) is 4.77 Å². The molecule has 1 aromatic heterocycles. The van der Waals surface area contributed by atoms with E-state index < -0.39 is 0 Å². The molecule has 0 aliphatic carbocycles. The molecule has 3 rings (SSSR count). The molecule has 0 saturated carbocycles. The topological polar surface area (TPSA) is 50.0 Å². The van der Waals surface area contributed by atoms with Crippen LogP contribution < -0.4 is 0 Å². The Hall–Kier alpha value is -1.69. The van der Waals surface area contributed by atoms with Gasteiger partial charge in [-0.25, -0.2) is 0 Å². The zero-order valence-corrected chi connectivity index (χ0v) is 13.6. The number of benzene rings is 2. The van der Waals surface area contributed by atoms with Gasteiger partial charge in [0.05, 0.1) is 11.0 Å². The smallest absolute Gasteiger partial charge is 0.175 e. The van der Waals surface area contributed by atoms with Gasteiger partial charge in [-0.3, -0.25) is 0 Å². The number of ether oxygens (including phenoxy) is 2. The molecule has 0 atom stereocenters. The Balaban J connectivity index is 2.12. The summed E-state index contributed by atoms with van der Waals surface area (Å²) in [6, 6.07) is 10.5. The highest BCUT2D eigenvalue weighted by molar-refractivity contribution is 7.71. The summed E-state index contributed by atoms with van der Waals surface area (Å²) in [7, 11) is 0. The molecule has 0 amide bonds. The van der Waals surface area contributed by atoms with E-state index in [-0.39, 0.29) is 6.29 Å². The van der Waals surface area contributed by atoms with Crippen molar-refractivity contribution in [2.45, 2.75) is 26.6 Å². The summed E-state index contributed by atoms with van der Waals surface area (Å²) in [4.78, 5) is 6.51. The Labute approximate surface area is 134 Å². The normalized spacial score (nSPS) is 11.8. The van der Waals surface area contributed by atoms with Gasteiger partial charge in [0.25, 0.3) is 0 Å². The lowest BCUT2D eigenvalue weighted by molar-refractivity contribution is -0.134. The van der Waals surface area contributed by atoms with E-state index in [2.05, 4.69) is 28.2 Å². The van der Waals surface area contributed by atoms with Crippen molar-refractivity contribution in [2.75, 3.05) is 13.2 Å². The van der Waals surface area contributed by atoms with E-state index in [1.807, 2.05) is 26.0 Å². The summed E-state index contributed by atoms with van der Waals surface area (Å²) < 4.78 is 12.0. The first-order valence-corrected chi connectivity index (χ1v) is 7.99. The van der Waals surface area contributed by atoms with Crippen molar-refractivity contribution >= 4 is 34.0 Å². The summed E-state index contributed by atoms with van der Waals surface area (Å²) in [5, 5.41) is 2.35. The van der Waals surface area contributed by atoms with E-state index in [4.69, 9.17) is 21.7 Å². The highest BCUT2D eigenvalue weighted by atomic mass is 32.1. The van der Waals surface area contributed by atoms with Crippen molar-refractivity contribution in [3.8, 4) is 0 Å². The maximum atomic E-state index is 5.68. The number of nitrogens with one attached hydrogen (secondary N) is 2. The monoisotopic (exact) mass is 316 g/mol. The number of H-pyrrole nitrogens is 2. The van der Waals surface area contributed by atoms with Gasteiger partial charge in [-0.05, 0) is 43.1 Å². The number of rotatable bonds is 6. The van der Waals surface area contributed by atoms with Crippen LogP contribution in [-0.4, -0.2) is 29.5 Å². The lowest BCUT2D eigenvalue weighted by atomic mass is 10.0. The van der Waals surface area contributed by atoms with Crippen LogP contribution in [0.5, 0.6) is 0 Å². The van der Waals surface area contributed by atoms with E-state index in [0.29, 0.717) is 24.4 Å². The van der Waals surface area contributed by atoms with Gasteiger partial charge in [0, 0.05) is 25.0 Å². The molecular formula is C17H20N2O2S. The van der Waals surface area contributed by atoms with E-state index in [1.165, 1.54) is 5.39 Å². The minimum absolute atomic E-state index is 0.240. The third-order valence-corrected chi connectivity index (χ3v) is 3.90. The molecule has 22 heavy (non-hydrogen) atoms. The first kappa shape index (κ1) is 15.2. The summed E-state index contributed by atoms with van der Waals surface area (Å²) >= 11 is 5.28. The minimum Gasteiger partial charge on any atom is -0.353 e. The lowest BCUT2D eigenvalue weighted by Gasteiger charge is -2.17. The molecule has 2 aromatic carbocycles. The maximum Gasteiger partial charge on any atom is 0.175 e. The predicted molar refractivity (Wildman–Crippen MR) is 91.7 cm³/mol. The zero-order chi connectivity index (χ0) is 15.5. The Bertz CT molecular complexity index is 831. The summed E-state index contributed by atoms with van der Waals surface area (Å²) in [6.45, 7) is 5.21. The summed E-state index contributed by atoms with van der Waals surface area (Å²) in [6.07, 6.45) is 0.447. The van der Waals surface area contributed by atoms with Crippen LogP contribution in [0.1, 0.15) is 19.4 Å². The number of fused-ring (bicyclic) bond motifs is 3. The number of hydrogen-bond donors (Lipinski definition) is 2. The maximum absolute atomic E-state index is 5.68. The fraction of sp³-hybridized carbons (Fsp3) is 0.353. The third kappa shape index (κ3) is 2.92. The predicted octanol–water partition coefficient (Wildman–Crippen LogP) is 4.32. The van der Waals surface area contributed by atoms with E-state index >= 15 is 0 Å². The standard InChI is InChI=1S/C17H20N2O2S/c1-3-20-14(21-4-2)10-12-9-11-7-5-6-8-13(11)16-15(12)18-17(22)19-16/h5-9,14H,3-4,10H2,1-2H3,(H2,18,19,22). The Kier molecular flexibility index (Phi) is 4.57. The average Bonchev–Trinajstić information content (AvgIpc) is 2.90. The van der Waals surface area contributed by atoms with Gasteiger partial charge in [0.1, 0.15) is 0 Å². The second-order valence-electron chi connectivity index (χ2n) is 5.13. The van der Waals surface area contributed by atoms with Crippen LogP contribution >= 0.6 is 12.2 Å². The molecule has 0 fully saturated rings. The molecule has 4 nitrogen and oxygen atoms in total. The van der Waals surface area contributed by atoms with Crippen LogP contribution in [0.15, 0.2) is 30.3 Å². The summed E-state index contributed by atoms with van der Waals surface area (Å²) in [5.41, 5.74) is 3.23. The van der Waals surface area contributed by atoms with Crippen molar-refractivity contribution in [2.24, 2.45) is 0 Å². The molecule has 0 saturated heterocycles. The van der Waals surface area contributed by atoms with Crippen molar-refractivity contribution in [1.29, 1.82) is 0 Å². The second kappa shape index (κ2) is 6.60. The summed E-state index contributed by atoms with van der Waals surface area (Å²) in [5.74, 6) is 0. The quantitative estimate of drug-likeness (QED) is 0.526. The Morgan fingerprint density at radius 3 is 2.45 bits per heavy atom. The van der Waals surface area contributed by atoms with Crippen molar-refractivity contribution in [3.63, 3.8) is 0 Å². The molecule has 116 valence electrons. The van der Waals surface area contributed by atoms with E-state index in [1.54, 1.807) is 0 Å². The van der Waals surface area contributed by atoms with E-state index in [0.717, 1.165) is 22.0 Å². The van der Waals surface area contributed by atoms with Gasteiger partial charge < -0.3 is 19.4 Å². The largest absolute Gasteiger partial charge is 0.353 e. The first-order valence-electron chi connectivity index (χ1n) is 7.58. The molecular weight excluding hydrogens is 296 g/mol. The van der Waals surface area contributed by atoms with E-state index in [9.17, 15) is 0 Å². The highest BCUT2D eigenvalue weighted by Gasteiger charge is 2.14. The number of imidazole rings is 1. The molecule has 0 bridgehead atoms. The average molecular weight is 316 g/mol. The van der Waals surface area contributed by atoms with Gasteiger partial charge in [0.15, 0.2) is 11.1 Å². The number of aromatic nitrogens is 2. The highest BCUT2D eigenvalue weighted by Crippen LogP contribution is 2.27. The number of aromatic amines is 2. The molecule has 0 aliphatic heterocycles. The van der Waals surface area contributed by atoms with Gasteiger partial charge >= 0.3 is 0 Å². The number of hydrogen-bond acceptors (Lipinski definition) is 3. The van der Waals surface area contributed by atoms with Crippen LogP contribution in [0.25, 0.3) is 21.8 Å². The van der Waals surface area contributed by atoms with Crippen LogP contribution in [-0.2, 0) is 15.9 Å². The minimum atomic E-state index is -0.240. The molecule has 5 heteroatoms. The van der Waals surface area contributed by atoms with Crippen LogP contribution in [0.2, 0.25) is 0 Å². The van der Waals surface area contributed by atoms with Crippen molar-refractivity contribution in [1.82, 2.24) is 9.97 Å². The van der Waals surface area contributed by atoms with Crippen molar-refractivity contribution in [3.05, 3.63) is 40.7 Å². The molecule has 0 aliphatic rings. The third-order valence-electron chi connectivity index (χ3n) is 3.70. The van der Waals surface area contributed by atoms with Gasteiger partial charge in [-0.15, -0.1) is 0 Å². The van der Waals surface area contributed by atoms with Crippen LogP contribution in [0.4, 0.5) is 0 Å². The first-order chi connectivity index (χ1) is 10.7. The van der Waals surface area contributed by atoms with Gasteiger partial charge in [-0.1, -0.05) is 24.3 Å². The molecule has 0 spiro atoms. The lowest BCUT2D eigenvalue weighted by Crippen LogP contribution is -2.20. The molecule has 2 N–H and O–H groups in total. The van der Waals surface area contributed by atoms with Gasteiger partial charge in [0.2, 0.25) is 0 Å². The Morgan fingerprint density at radius 2 is 1.73 bits per heavy atom. The zero-order valence-electron chi connectivity index (χ0n) is 12.8. The SMILES string of the molecule is CCOC(Cc1cc2ccccc2c2[nH]c(=S)[nH]c12)OCC. The molecule has 0 radical (unpaired) electrons. The van der Waals surface area contributed by atoms with Gasteiger partial charge in [-0.2, -0.15) is 0 Å². The van der Waals surface area contributed by atoms with Crippen molar-refractivity contribution < 1.29 is 9.47 Å². The fourth-order valence-electron chi connectivity index (χ4n) is 2.81. The molecule has 3 aromatic rings. The molecule has 1 heterocycles. The molecule has 0 unspecified atom stereocenters. The Morgan fingerprint density at radius 1 is 1.05 bits per heavy atom. The second-order valence-corrected chi connectivity index (χ2v) is 5.54. The fourth-order valence-corrected chi connectivity index (χ4v) is 3.02.